The Labute approximate surface area is 112 Å². The summed E-state index contributed by atoms with van der Waals surface area (Å²) in [5.41, 5.74) is 7.47. The highest BCUT2D eigenvalue weighted by Gasteiger charge is 2.27. The molecule has 1 saturated heterocycles. The summed E-state index contributed by atoms with van der Waals surface area (Å²) < 4.78 is 0. The molecule has 1 fully saturated rings. The Bertz CT molecular complexity index is 450. The van der Waals surface area contributed by atoms with Crippen molar-refractivity contribution in [3.63, 3.8) is 0 Å². The highest BCUT2D eigenvalue weighted by atomic mass is 35.5. The van der Waals surface area contributed by atoms with Gasteiger partial charge in [-0.3, -0.25) is 4.79 Å². The van der Waals surface area contributed by atoms with E-state index >= 15 is 0 Å². The van der Waals surface area contributed by atoms with Crippen molar-refractivity contribution >= 4 is 23.2 Å². The normalized spacial score (nSPS) is 19.2. The first-order valence-electron chi connectivity index (χ1n) is 6.09. The van der Waals surface area contributed by atoms with Crippen LogP contribution in [0, 0.1) is 5.92 Å². The maximum Gasteiger partial charge on any atom is 0.222 e. The maximum absolute atomic E-state index is 11.2. The van der Waals surface area contributed by atoms with Gasteiger partial charge in [-0.1, -0.05) is 17.7 Å². The van der Waals surface area contributed by atoms with Gasteiger partial charge in [0.1, 0.15) is 0 Å². The monoisotopic (exact) mass is 267 g/mol. The summed E-state index contributed by atoms with van der Waals surface area (Å²) in [5, 5.41) is 3.82. The summed E-state index contributed by atoms with van der Waals surface area (Å²) in [7, 11) is 1.90. The van der Waals surface area contributed by atoms with Crippen molar-refractivity contribution < 1.29 is 4.79 Å². The lowest BCUT2D eigenvalue weighted by molar-refractivity contribution is -0.121. The van der Waals surface area contributed by atoms with Gasteiger partial charge < -0.3 is 16.0 Å². The molecular weight excluding hydrogens is 250 g/mol. The molecule has 5 heteroatoms. The first-order valence-corrected chi connectivity index (χ1v) is 6.47. The van der Waals surface area contributed by atoms with Crippen LogP contribution in [0.5, 0.6) is 0 Å². The summed E-state index contributed by atoms with van der Waals surface area (Å²) in [6, 6.07) is 6.03. The smallest absolute Gasteiger partial charge is 0.222 e. The van der Waals surface area contributed by atoms with Crippen molar-refractivity contribution in [1.29, 1.82) is 0 Å². The molecule has 1 aromatic rings. The van der Waals surface area contributed by atoms with Gasteiger partial charge >= 0.3 is 0 Å². The van der Waals surface area contributed by atoms with Gasteiger partial charge in [-0.05, 0) is 31.2 Å². The van der Waals surface area contributed by atoms with Crippen LogP contribution in [0.3, 0.4) is 0 Å². The Balaban J connectivity index is 2.12. The van der Waals surface area contributed by atoms with Gasteiger partial charge in [-0.15, -0.1) is 0 Å². The molecule has 1 aliphatic heterocycles. The first-order chi connectivity index (χ1) is 8.61. The predicted molar refractivity (Wildman–Crippen MR) is 73.7 cm³/mol. The molecule has 0 saturated carbocycles. The number of carbonyl (C=O) groups is 1. The molecule has 1 amide bonds. The number of nitrogens with one attached hydrogen (secondary N) is 1. The molecule has 0 spiro atoms. The van der Waals surface area contributed by atoms with Crippen LogP contribution in [0.25, 0.3) is 0 Å². The van der Waals surface area contributed by atoms with Crippen molar-refractivity contribution in [1.82, 2.24) is 5.32 Å². The molecule has 0 aliphatic carbocycles. The van der Waals surface area contributed by atoms with Crippen LogP contribution < -0.4 is 16.0 Å². The van der Waals surface area contributed by atoms with Gasteiger partial charge in [-0.2, -0.15) is 0 Å². The Hall–Kier alpha value is -1.26. The molecule has 1 unspecified atom stereocenters. The highest BCUT2D eigenvalue weighted by Crippen LogP contribution is 2.31. The second-order valence-corrected chi connectivity index (χ2v) is 5.06. The van der Waals surface area contributed by atoms with Crippen LogP contribution in [-0.2, 0) is 11.3 Å². The van der Waals surface area contributed by atoms with E-state index in [0.717, 1.165) is 35.8 Å². The molecule has 1 atom stereocenters. The molecule has 1 aliphatic rings. The van der Waals surface area contributed by atoms with Crippen LogP contribution in [-0.4, -0.2) is 26.0 Å². The predicted octanol–water partition coefficient (Wildman–Crippen LogP) is 1.37. The number of halogens is 1. The molecule has 0 bridgehead atoms. The molecule has 1 aromatic carbocycles. The van der Waals surface area contributed by atoms with Crippen LogP contribution >= 0.6 is 11.6 Å². The topological polar surface area (TPSA) is 58.4 Å². The summed E-state index contributed by atoms with van der Waals surface area (Å²) in [6.45, 7) is 2.29. The van der Waals surface area contributed by atoms with E-state index in [1.165, 1.54) is 0 Å². The number of amides is 1. The fraction of sp³-hybridized carbons (Fsp3) is 0.462. The van der Waals surface area contributed by atoms with E-state index in [1.54, 1.807) is 0 Å². The van der Waals surface area contributed by atoms with E-state index in [-0.39, 0.29) is 11.8 Å². The molecule has 2 rings (SSSR count). The summed E-state index contributed by atoms with van der Waals surface area (Å²) >= 11 is 6.29. The van der Waals surface area contributed by atoms with Gasteiger partial charge in [0.15, 0.2) is 0 Å². The third-order valence-electron chi connectivity index (χ3n) is 3.32. The number of nitrogens with zero attached hydrogens (tertiary/aromatic N) is 1. The lowest BCUT2D eigenvalue weighted by atomic mass is 10.1. The van der Waals surface area contributed by atoms with Crippen LogP contribution in [0.2, 0.25) is 5.02 Å². The highest BCUT2D eigenvalue weighted by molar-refractivity contribution is 6.33. The Morgan fingerprint density at radius 1 is 1.61 bits per heavy atom. The van der Waals surface area contributed by atoms with Gasteiger partial charge in [0.05, 0.1) is 16.6 Å². The van der Waals surface area contributed by atoms with Crippen molar-refractivity contribution in [3.8, 4) is 0 Å². The number of anilines is 1. The molecule has 0 radical (unpaired) electrons. The Morgan fingerprint density at radius 2 is 2.39 bits per heavy atom. The quantitative estimate of drug-likeness (QED) is 0.866. The number of hydrogen-bond acceptors (Lipinski definition) is 3. The van der Waals surface area contributed by atoms with E-state index in [1.807, 2.05) is 19.2 Å². The lowest BCUT2D eigenvalue weighted by Gasteiger charge is -2.20. The fourth-order valence-corrected chi connectivity index (χ4v) is 2.65. The minimum Gasteiger partial charge on any atom is -0.370 e. The zero-order chi connectivity index (χ0) is 13.1. The number of benzene rings is 1. The Morgan fingerprint density at radius 3 is 2.94 bits per heavy atom. The van der Waals surface area contributed by atoms with Crippen molar-refractivity contribution in [2.24, 2.45) is 11.7 Å². The molecule has 4 nitrogen and oxygen atoms in total. The zero-order valence-corrected chi connectivity index (χ0v) is 11.2. The number of primary amides is 1. The van der Waals surface area contributed by atoms with Crippen LogP contribution in [0.1, 0.15) is 12.0 Å². The third-order valence-corrected chi connectivity index (χ3v) is 3.63. The SMILES string of the molecule is CNCc1ccc(N2CCC(C(N)=O)C2)c(Cl)c1. The average Bonchev–Trinajstić information content (AvgIpc) is 2.79. The second-order valence-electron chi connectivity index (χ2n) is 4.65. The van der Waals surface area contributed by atoms with Crippen molar-refractivity contribution in [2.75, 3.05) is 25.0 Å². The third kappa shape index (κ3) is 2.76. The molecule has 18 heavy (non-hydrogen) atoms. The standard InChI is InChI=1S/C13H18ClN3O/c1-16-7-9-2-3-12(11(14)6-9)17-5-4-10(8-17)13(15)18/h2-3,6,10,16H,4-5,7-8H2,1H3,(H2,15,18). The van der Waals surface area contributed by atoms with Crippen LogP contribution in [0.4, 0.5) is 5.69 Å². The largest absolute Gasteiger partial charge is 0.370 e. The second kappa shape index (κ2) is 5.59. The van der Waals surface area contributed by atoms with E-state index in [4.69, 9.17) is 17.3 Å². The van der Waals surface area contributed by atoms with Gasteiger partial charge in [0.2, 0.25) is 5.91 Å². The number of nitrogens with two attached hydrogens (primary N) is 1. The fourth-order valence-electron chi connectivity index (χ4n) is 2.33. The summed E-state index contributed by atoms with van der Waals surface area (Å²) in [4.78, 5) is 13.3. The maximum atomic E-state index is 11.2. The first kappa shape index (κ1) is 13.2. The van der Waals surface area contributed by atoms with E-state index in [0.29, 0.717) is 6.54 Å². The van der Waals surface area contributed by atoms with Crippen molar-refractivity contribution in [2.45, 2.75) is 13.0 Å². The Kier molecular flexibility index (Phi) is 4.09. The number of hydrogen-bond donors (Lipinski definition) is 2. The lowest BCUT2D eigenvalue weighted by Crippen LogP contribution is -2.27. The van der Waals surface area contributed by atoms with Crippen LogP contribution in [0.15, 0.2) is 18.2 Å². The minimum absolute atomic E-state index is 0.0574. The van der Waals surface area contributed by atoms with Gasteiger partial charge in [0.25, 0.3) is 0 Å². The average molecular weight is 268 g/mol. The zero-order valence-electron chi connectivity index (χ0n) is 10.4. The van der Waals surface area contributed by atoms with Gasteiger partial charge in [-0.25, -0.2) is 0 Å². The minimum atomic E-state index is -0.222. The molecule has 98 valence electrons. The van der Waals surface area contributed by atoms with Crippen molar-refractivity contribution in [3.05, 3.63) is 28.8 Å². The molecule has 1 heterocycles. The number of rotatable bonds is 4. The van der Waals surface area contributed by atoms with E-state index < -0.39 is 0 Å². The van der Waals surface area contributed by atoms with E-state index in [9.17, 15) is 4.79 Å². The van der Waals surface area contributed by atoms with E-state index in [2.05, 4.69) is 16.3 Å². The van der Waals surface area contributed by atoms with Gasteiger partial charge in [0, 0.05) is 19.6 Å². The summed E-state index contributed by atoms with van der Waals surface area (Å²) in [5.74, 6) is -0.279. The molecular formula is C13H18ClN3O. The molecule has 0 aromatic heterocycles. The number of carbonyl (C=O) groups excluding carboxylic acids is 1. The summed E-state index contributed by atoms with van der Waals surface area (Å²) in [6.07, 6.45) is 0.809. The molecule has 3 N–H and O–H groups in total.